The highest BCUT2D eigenvalue weighted by Crippen LogP contribution is 2.23. The van der Waals surface area contributed by atoms with Gasteiger partial charge in [-0.25, -0.2) is 0 Å². The monoisotopic (exact) mass is 362 g/mol. The van der Waals surface area contributed by atoms with Crippen LogP contribution < -0.4 is 15.4 Å². The van der Waals surface area contributed by atoms with Crippen LogP contribution in [0.4, 0.5) is 11.4 Å². The second kappa shape index (κ2) is 7.61. The number of hydrogen-bond acceptors (Lipinski definition) is 3. The minimum atomic E-state index is -0.282. The first-order chi connectivity index (χ1) is 10.5. The zero-order chi connectivity index (χ0) is 15.9. The number of rotatable bonds is 5. The fraction of sp³-hybridized carbons (Fsp3) is 0.125. The highest BCUT2D eigenvalue weighted by molar-refractivity contribution is 9.10. The van der Waals surface area contributed by atoms with Gasteiger partial charge in [-0.3, -0.25) is 9.59 Å². The van der Waals surface area contributed by atoms with E-state index in [0.29, 0.717) is 17.1 Å². The Hall–Kier alpha value is -2.34. The first-order valence-electron chi connectivity index (χ1n) is 6.59. The van der Waals surface area contributed by atoms with Gasteiger partial charge in [-0.1, -0.05) is 34.1 Å². The van der Waals surface area contributed by atoms with Crippen molar-refractivity contribution in [2.75, 3.05) is 17.2 Å². The maximum Gasteiger partial charge on any atom is 0.262 e. The molecule has 0 radical (unpaired) electrons. The summed E-state index contributed by atoms with van der Waals surface area (Å²) >= 11 is 3.34. The van der Waals surface area contributed by atoms with E-state index in [1.165, 1.54) is 6.92 Å². The van der Waals surface area contributed by atoms with E-state index in [9.17, 15) is 9.59 Å². The third kappa shape index (κ3) is 4.89. The van der Waals surface area contributed by atoms with Crippen molar-refractivity contribution in [3.05, 3.63) is 53.0 Å². The summed E-state index contributed by atoms with van der Waals surface area (Å²) < 4.78 is 6.34. The summed E-state index contributed by atoms with van der Waals surface area (Å²) in [6, 6.07) is 14.2. The molecule has 0 saturated heterocycles. The summed E-state index contributed by atoms with van der Waals surface area (Å²) in [6.45, 7) is 1.26. The molecule has 0 aliphatic heterocycles. The van der Waals surface area contributed by atoms with Crippen LogP contribution in [0.25, 0.3) is 0 Å². The lowest BCUT2D eigenvalue weighted by molar-refractivity contribution is -0.118. The molecule has 0 unspecified atom stereocenters. The number of nitrogens with one attached hydrogen (secondary N) is 2. The molecule has 2 aromatic rings. The smallest absolute Gasteiger partial charge is 0.262 e. The zero-order valence-corrected chi connectivity index (χ0v) is 13.5. The maximum absolute atomic E-state index is 11.9. The SMILES string of the molecule is CC(=O)Nc1ccccc1OCC(=O)Nc1cccc(Br)c1. The Balaban J connectivity index is 1.95. The lowest BCUT2D eigenvalue weighted by Gasteiger charge is -2.11. The molecule has 0 atom stereocenters. The summed E-state index contributed by atoms with van der Waals surface area (Å²) in [7, 11) is 0. The Morgan fingerprint density at radius 2 is 1.86 bits per heavy atom. The van der Waals surface area contributed by atoms with E-state index in [2.05, 4.69) is 26.6 Å². The van der Waals surface area contributed by atoms with Gasteiger partial charge in [0.1, 0.15) is 5.75 Å². The van der Waals surface area contributed by atoms with Gasteiger partial charge in [-0.2, -0.15) is 0 Å². The number of benzene rings is 2. The minimum absolute atomic E-state index is 0.150. The number of carbonyl (C=O) groups is 2. The Kier molecular flexibility index (Phi) is 5.55. The van der Waals surface area contributed by atoms with Gasteiger partial charge in [0, 0.05) is 17.1 Å². The molecule has 0 heterocycles. The molecule has 6 heteroatoms. The molecule has 22 heavy (non-hydrogen) atoms. The van der Waals surface area contributed by atoms with Crippen LogP contribution in [-0.4, -0.2) is 18.4 Å². The second-order valence-electron chi connectivity index (χ2n) is 4.52. The van der Waals surface area contributed by atoms with Crippen molar-refractivity contribution in [3.8, 4) is 5.75 Å². The van der Waals surface area contributed by atoms with Crippen molar-refractivity contribution in [3.63, 3.8) is 0 Å². The Bertz CT molecular complexity index is 689. The average molecular weight is 363 g/mol. The van der Waals surface area contributed by atoms with E-state index in [1.807, 2.05) is 12.1 Å². The number of amides is 2. The molecule has 0 aliphatic rings. The predicted molar refractivity (Wildman–Crippen MR) is 89.0 cm³/mol. The number of hydrogen-bond donors (Lipinski definition) is 2. The standard InChI is InChI=1S/C16H15BrN2O3/c1-11(20)18-14-7-2-3-8-15(14)22-10-16(21)19-13-6-4-5-12(17)9-13/h2-9H,10H2,1H3,(H,18,20)(H,19,21). The van der Waals surface area contributed by atoms with E-state index < -0.39 is 0 Å². The largest absolute Gasteiger partial charge is 0.482 e. The topological polar surface area (TPSA) is 67.4 Å². The van der Waals surface area contributed by atoms with Crippen LogP contribution in [0.5, 0.6) is 5.75 Å². The molecule has 2 rings (SSSR count). The van der Waals surface area contributed by atoms with Gasteiger partial charge in [0.15, 0.2) is 6.61 Å². The van der Waals surface area contributed by atoms with Crippen LogP contribution in [0.3, 0.4) is 0 Å². The maximum atomic E-state index is 11.9. The van der Waals surface area contributed by atoms with Gasteiger partial charge in [0.2, 0.25) is 5.91 Å². The lowest BCUT2D eigenvalue weighted by atomic mass is 10.3. The molecule has 114 valence electrons. The second-order valence-corrected chi connectivity index (χ2v) is 5.44. The number of halogens is 1. The summed E-state index contributed by atoms with van der Waals surface area (Å²) in [4.78, 5) is 23.0. The molecule has 2 amide bonds. The average Bonchev–Trinajstić information content (AvgIpc) is 2.46. The third-order valence-electron chi connectivity index (χ3n) is 2.66. The van der Waals surface area contributed by atoms with Gasteiger partial charge >= 0.3 is 0 Å². The fourth-order valence-electron chi connectivity index (χ4n) is 1.79. The van der Waals surface area contributed by atoms with Crippen LogP contribution in [0, 0.1) is 0 Å². The fourth-order valence-corrected chi connectivity index (χ4v) is 2.19. The molecule has 0 spiro atoms. The summed E-state index contributed by atoms with van der Waals surface area (Å²) in [5.41, 5.74) is 1.21. The summed E-state index contributed by atoms with van der Waals surface area (Å²) in [5, 5.41) is 5.38. The normalized spacial score (nSPS) is 9.91. The van der Waals surface area contributed by atoms with Crippen LogP contribution in [-0.2, 0) is 9.59 Å². The molecule has 0 saturated carbocycles. The van der Waals surface area contributed by atoms with Crippen LogP contribution in [0.15, 0.2) is 53.0 Å². The molecule has 0 aliphatic carbocycles. The van der Waals surface area contributed by atoms with E-state index >= 15 is 0 Å². The zero-order valence-electron chi connectivity index (χ0n) is 11.9. The molecule has 0 aromatic heterocycles. The number of para-hydroxylation sites is 2. The first-order valence-corrected chi connectivity index (χ1v) is 7.39. The molecule has 0 fully saturated rings. The van der Waals surface area contributed by atoms with Crippen LogP contribution in [0.1, 0.15) is 6.92 Å². The predicted octanol–water partition coefficient (Wildman–Crippen LogP) is 3.43. The molecule has 2 N–H and O–H groups in total. The van der Waals surface area contributed by atoms with Crippen molar-refractivity contribution < 1.29 is 14.3 Å². The number of ether oxygens (including phenoxy) is 1. The highest BCUT2D eigenvalue weighted by atomic mass is 79.9. The first kappa shape index (κ1) is 16.0. The summed E-state index contributed by atoms with van der Waals surface area (Å²) in [5.74, 6) is -0.0348. The van der Waals surface area contributed by atoms with Gasteiger partial charge in [-0.05, 0) is 30.3 Å². The molecular weight excluding hydrogens is 348 g/mol. The molecule has 2 aromatic carbocycles. The van der Waals surface area contributed by atoms with Crippen molar-refractivity contribution >= 4 is 39.1 Å². The number of carbonyl (C=O) groups excluding carboxylic acids is 2. The van der Waals surface area contributed by atoms with Crippen molar-refractivity contribution in [2.24, 2.45) is 0 Å². The molecule has 0 bridgehead atoms. The van der Waals surface area contributed by atoms with Gasteiger partial charge in [-0.15, -0.1) is 0 Å². The van der Waals surface area contributed by atoms with Crippen molar-refractivity contribution in [1.29, 1.82) is 0 Å². The van der Waals surface area contributed by atoms with Gasteiger partial charge in [0.25, 0.3) is 5.91 Å². The molecule has 5 nitrogen and oxygen atoms in total. The van der Waals surface area contributed by atoms with E-state index in [-0.39, 0.29) is 18.4 Å². The third-order valence-corrected chi connectivity index (χ3v) is 3.16. The quantitative estimate of drug-likeness (QED) is 0.855. The summed E-state index contributed by atoms with van der Waals surface area (Å²) in [6.07, 6.45) is 0. The molecular formula is C16H15BrN2O3. The van der Waals surface area contributed by atoms with Crippen LogP contribution >= 0.6 is 15.9 Å². The van der Waals surface area contributed by atoms with E-state index in [1.54, 1.807) is 36.4 Å². The van der Waals surface area contributed by atoms with Crippen molar-refractivity contribution in [1.82, 2.24) is 0 Å². The Morgan fingerprint density at radius 1 is 1.09 bits per heavy atom. The number of anilines is 2. The van der Waals surface area contributed by atoms with Gasteiger partial charge in [0.05, 0.1) is 5.69 Å². The van der Waals surface area contributed by atoms with E-state index in [0.717, 1.165) is 4.47 Å². The lowest BCUT2D eigenvalue weighted by Crippen LogP contribution is -2.20. The van der Waals surface area contributed by atoms with Crippen LogP contribution in [0.2, 0.25) is 0 Å². The van der Waals surface area contributed by atoms with Crippen molar-refractivity contribution in [2.45, 2.75) is 6.92 Å². The minimum Gasteiger partial charge on any atom is -0.482 e. The van der Waals surface area contributed by atoms with Gasteiger partial charge < -0.3 is 15.4 Å². The Morgan fingerprint density at radius 3 is 2.59 bits per heavy atom. The van der Waals surface area contributed by atoms with E-state index in [4.69, 9.17) is 4.74 Å². The highest BCUT2D eigenvalue weighted by Gasteiger charge is 2.08. The Labute approximate surface area is 136 Å².